The third-order valence-electron chi connectivity index (χ3n) is 4.62. The van der Waals surface area contributed by atoms with E-state index < -0.39 is 0 Å². The van der Waals surface area contributed by atoms with Gasteiger partial charge in [0.2, 0.25) is 6.79 Å². The number of rotatable bonds is 3. The number of benzene rings is 2. The van der Waals surface area contributed by atoms with Gasteiger partial charge < -0.3 is 24.6 Å². The van der Waals surface area contributed by atoms with Gasteiger partial charge in [-0.15, -0.1) is 11.8 Å². The first kappa shape index (κ1) is 17.3. The first-order valence-corrected chi connectivity index (χ1v) is 10.2. The van der Waals surface area contributed by atoms with Gasteiger partial charge >= 0.3 is 0 Å². The number of hydrogen-bond donors (Lipinski definition) is 1. The summed E-state index contributed by atoms with van der Waals surface area (Å²) in [5.41, 5.74) is 2.24. The fourth-order valence-electron chi connectivity index (χ4n) is 3.22. The van der Waals surface area contributed by atoms with E-state index in [1.165, 1.54) is 10.6 Å². The molecule has 1 N–H and O–H groups in total. The van der Waals surface area contributed by atoms with E-state index in [-0.39, 0.29) is 6.79 Å². The number of ether oxygens (including phenoxy) is 2. The molecule has 4 rings (SSSR count). The molecule has 2 aliphatic heterocycles. The largest absolute Gasteiger partial charge is 0.454 e. The van der Waals surface area contributed by atoms with Crippen molar-refractivity contribution >= 4 is 40.5 Å². The Morgan fingerprint density at radius 2 is 1.81 bits per heavy atom. The number of thiocarbonyl (C=S) groups is 1. The summed E-state index contributed by atoms with van der Waals surface area (Å²) in [7, 11) is 0. The molecule has 2 aromatic rings. The standard InChI is InChI=1S/C19H21N3O2S2/c1-26-18-5-3-2-4-15(18)21-8-10-22(11-9-21)19(25)20-14-6-7-16-17(12-14)24-13-23-16/h2-7,12H,8-11,13H2,1H3,(H,20,25). The highest BCUT2D eigenvalue weighted by Gasteiger charge is 2.21. The van der Waals surface area contributed by atoms with Crippen LogP contribution in [0.3, 0.4) is 0 Å². The van der Waals surface area contributed by atoms with Crippen LogP contribution in [0.1, 0.15) is 0 Å². The van der Waals surface area contributed by atoms with Crippen LogP contribution in [0.15, 0.2) is 47.4 Å². The van der Waals surface area contributed by atoms with Crippen LogP contribution in [0.5, 0.6) is 11.5 Å². The first-order chi connectivity index (χ1) is 12.7. The second-order valence-electron chi connectivity index (χ2n) is 6.14. The van der Waals surface area contributed by atoms with E-state index >= 15 is 0 Å². The lowest BCUT2D eigenvalue weighted by Crippen LogP contribution is -2.50. The molecule has 1 saturated heterocycles. The molecule has 0 radical (unpaired) electrons. The molecule has 2 aromatic carbocycles. The molecule has 0 bridgehead atoms. The molecule has 26 heavy (non-hydrogen) atoms. The smallest absolute Gasteiger partial charge is 0.231 e. The maximum Gasteiger partial charge on any atom is 0.231 e. The minimum atomic E-state index is 0.280. The molecule has 2 aliphatic rings. The number of fused-ring (bicyclic) bond motifs is 1. The third-order valence-corrected chi connectivity index (χ3v) is 5.76. The third kappa shape index (κ3) is 3.54. The van der Waals surface area contributed by atoms with E-state index in [4.69, 9.17) is 21.7 Å². The Hall–Kier alpha value is -2.12. The van der Waals surface area contributed by atoms with Gasteiger partial charge in [-0.1, -0.05) is 12.1 Å². The van der Waals surface area contributed by atoms with Crippen molar-refractivity contribution in [3.63, 3.8) is 0 Å². The average molecular weight is 388 g/mol. The van der Waals surface area contributed by atoms with Gasteiger partial charge in [-0.2, -0.15) is 0 Å². The summed E-state index contributed by atoms with van der Waals surface area (Å²) < 4.78 is 10.8. The van der Waals surface area contributed by atoms with E-state index in [0.717, 1.165) is 48.5 Å². The lowest BCUT2D eigenvalue weighted by Gasteiger charge is -2.38. The van der Waals surface area contributed by atoms with Crippen LogP contribution in [-0.2, 0) is 0 Å². The molecule has 0 amide bonds. The molecule has 2 heterocycles. The van der Waals surface area contributed by atoms with Crippen molar-refractivity contribution in [3.05, 3.63) is 42.5 Å². The van der Waals surface area contributed by atoms with Crippen molar-refractivity contribution < 1.29 is 9.47 Å². The van der Waals surface area contributed by atoms with Crippen molar-refractivity contribution in [2.24, 2.45) is 0 Å². The second kappa shape index (κ2) is 7.63. The Kier molecular flexibility index (Phi) is 5.08. The minimum Gasteiger partial charge on any atom is -0.454 e. The van der Waals surface area contributed by atoms with Crippen LogP contribution in [0.2, 0.25) is 0 Å². The quantitative estimate of drug-likeness (QED) is 0.636. The Bertz CT molecular complexity index is 807. The summed E-state index contributed by atoms with van der Waals surface area (Å²) in [5.74, 6) is 1.54. The first-order valence-electron chi connectivity index (χ1n) is 8.58. The van der Waals surface area contributed by atoms with Crippen LogP contribution >= 0.6 is 24.0 Å². The predicted octanol–water partition coefficient (Wildman–Crippen LogP) is 3.66. The van der Waals surface area contributed by atoms with Crippen molar-refractivity contribution in [2.45, 2.75) is 4.90 Å². The Morgan fingerprint density at radius 3 is 2.62 bits per heavy atom. The molecular formula is C19H21N3O2S2. The second-order valence-corrected chi connectivity index (χ2v) is 7.38. The fourth-order valence-corrected chi connectivity index (χ4v) is 4.14. The summed E-state index contributed by atoms with van der Waals surface area (Å²) in [6.45, 7) is 4.00. The fraction of sp³-hybridized carbons (Fsp3) is 0.316. The monoisotopic (exact) mass is 387 g/mol. The SMILES string of the molecule is CSc1ccccc1N1CCN(C(=S)Nc2ccc3c(c2)OCO3)CC1. The molecule has 136 valence electrons. The normalized spacial score (nSPS) is 15.9. The zero-order valence-corrected chi connectivity index (χ0v) is 16.2. The molecule has 0 aliphatic carbocycles. The lowest BCUT2D eigenvalue weighted by atomic mass is 10.2. The maximum atomic E-state index is 5.61. The highest BCUT2D eigenvalue weighted by molar-refractivity contribution is 7.98. The van der Waals surface area contributed by atoms with E-state index in [1.54, 1.807) is 11.8 Å². The van der Waals surface area contributed by atoms with E-state index in [0.29, 0.717) is 0 Å². The number of nitrogens with zero attached hydrogens (tertiary/aromatic N) is 2. The van der Waals surface area contributed by atoms with Crippen LogP contribution in [-0.4, -0.2) is 49.2 Å². The molecule has 0 unspecified atom stereocenters. The zero-order chi connectivity index (χ0) is 17.9. The highest BCUT2D eigenvalue weighted by Crippen LogP contribution is 2.34. The molecule has 7 heteroatoms. The Balaban J connectivity index is 1.36. The average Bonchev–Trinajstić information content (AvgIpc) is 3.16. The van der Waals surface area contributed by atoms with Gasteiger partial charge in [0, 0.05) is 42.8 Å². The van der Waals surface area contributed by atoms with Crippen molar-refractivity contribution in [1.82, 2.24) is 4.90 Å². The summed E-state index contributed by atoms with van der Waals surface area (Å²) in [5, 5.41) is 4.07. The van der Waals surface area contributed by atoms with Gasteiger partial charge in [0.1, 0.15) is 0 Å². The molecule has 0 atom stereocenters. The summed E-state index contributed by atoms with van der Waals surface area (Å²) >= 11 is 7.40. The molecule has 0 aromatic heterocycles. The summed E-state index contributed by atoms with van der Waals surface area (Å²) in [6, 6.07) is 14.4. The van der Waals surface area contributed by atoms with Gasteiger partial charge in [0.05, 0.1) is 5.69 Å². The van der Waals surface area contributed by atoms with E-state index in [2.05, 4.69) is 45.6 Å². The van der Waals surface area contributed by atoms with Gasteiger partial charge in [-0.05, 0) is 42.7 Å². The van der Waals surface area contributed by atoms with Crippen LogP contribution in [0, 0.1) is 0 Å². The summed E-state index contributed by atoms with van der Waals surface area (Å²) in [4.78, 5) is 5.98. The Morgan fingerprint density at radius 1 is 1.04 bits per heavy atom. The van der Waals surface area contributed by atoms with Crippen molar-refractivity contribution in [3.8, 4) is 11.5 Å². The zero-order valence-electron chi connectivity index (χ0n) is 14.6. The molecule has 0 spiro atoms. The molecule has 0 saturated carbocycles. The van der Waals surface area contributed by atoms with Gasteiger partial charge in [0.25, 0.3) is 0 Å². The van der Waals surface area contributed by atoms with Crippen LogP contribution in [0.25, 0.3) is 0 Å². The van der Waals surface area contributed by atoms with Gasteiger partial charge in [-0.3, -0.25) is 0 Å². The maximum absolute atomic E-state index is 5.61. The number of nitrogens with one attached hydrogen (secondary N) is 1. The number of piperazine rings is 1. The van der Waals surface area contributed by atoms with Gasteiger partial charge in [-0.25, -0.2) is 0 Å². The number of para-hydroxylation sites is 1. The topological polar surface area (TPSA) is 37.0 Å². The molecule has 1 fully saturated rings. The van der Waals surface area contributed by atoms with Gasteiger partial charge in [0.15, 0.2) is 16.6 Å². The lowest BCUT2D eigenvalue weighted by molar-refractivity contribution is 0.174. The van der Waals surface area contributed by atoms with Crippen LogP contribution in [0.4, 0.5) is 11.4 Å². The van der Waals surface area contributed by atoms with Crippen LogP contribution < -0.4 is 19.7 Å². The predicted molar refractivity (Wildman–Crippen MR) is 111 cm³/mol. The van der Waals surface area contributed by atoms with Crippen molar-refractivity contribution in [2.75, 3.05) is 49.4 Å². The summed E-state index contributed by atoms with van der Waals surface area (Å²) in [6.07, 6.45) is 2.12. The highest BCUT2D eigenvalue weighted by atomic mass is 32.2. The number of anilines is 2. The number of thioether (sulfide) groups is 1. The van der Waals surface area contributed by atoms with E-state index in [9.17, 15) is 0 Å². The Labute approximate surface area is 163 Å². The van der Waals surface area contributed by atoms with E-state index in [1.807, 2.05) is 18.2 Å². The number of hydrogen-bond acceptors (Lipinski definition) is 5. The minimum absolute atomic E-state index is 0.280. The van der Waals surface area contributed by atoms with Crippen molar-refractivity contribution in [1.29, 1.82) is 0 Å². The molecule has 5 nitrogen and oxygen atoms in total. The molecular weight excluding hydrogens is 366 g/mol.